The average molecular weight is 457 g/mol. The van der Waals surface area contributed by atoms with Crippen LogP contribution in [0.5, 0.6) is 0 Å². The van der Waals surface area contributed by atoms with Gasteiger partial charge in [-0.3, -0.25) is 29.8 Å². The molecule has 1 aliphatic heterocycles. The number of nitrogens with one attached hydrogen (secondary N) is 2. The first kappa shape index (κ1) is 22.7. The smallest absolute Gasteiger partial charge is 0.273 e. The van der Waals surface area contributed by atoms with Crippen LogP contribution in [-0.4, -0.2) is 28.4 Å². The third-order valence-corrected chi connectivity index (χ3v) is 5.59. The summed E-state index contributed by atoms with van der Waals surface area (Å²) < 4.78 is 1.60. The van der Waals surface area contributed by atoms with Gasteiger partial charge in [-0.05, 0) is 80.8 Å². The van der Waals surface area contributed by atoms with Gasteiger partial charge in [0.15, 0.2) is 0 Å². The van der Waals surface area contributed by atoms with Gasteiger partial charge < -0.3 is 0 Å². The lowest BCUT2D eigenvalue weighted by atomic mass is 10.1. The summed E-state index contributed by atoms with van der Waals surface area (Å²) in [5.74, 6) is -1.77. The number of carbonyl (C=O) groups is 4. The Balaban J connectivity index is 1.68. The van der Waals surface area contributed by atoms with Gasteiger partial charge in [0.05, 0.1) is 5.69 Å². The molecule has 2 heterocycles. The SMILES string of the molecule is Cc1cc(C)cc(N2C(=O)NC(=O)/C(=C\c3cc(C)n(NC(=O)c4ccccc4)c3C)C2=O)c1. The Labute approximate surface area is 196 Å². The highest BCUT2D eigenvalue weighted by molar-refractivity contribution is 6.39. The van der Waals surface area contributed by atoms with Gasteiger partial charge in [0, 0.05) is 17.0 Å². The number of aromatic nitrogens is 1. The molecule has 1 fully saturated rings. The van der Waals surface area contributed by atoms with E-state index >= 15 is 0 Å². The zero-order valence-corrected chi connectivity index (χ0v) is 19.3. The molecule has 8 heteroatoms. The molecule has 0 atom stereocenters. The molecule has 0 bridgehead atoms. The number of barbiturate groups is 1. The molecule has 0 radical (unpaired) electrons. The summed E-state index contributed by atoms with van der Waals surface area (Å²) in [6, 6.07) is 15.1. The second-order valence-electron chi connectivity index (χ2n) is 8.27. The molecule has 0 aliphatic carbocycles. The van der Waals surface area contributed by atoms with Crippen molar-refractivity contribution in [2.45, 2.75) is 27.7 Å². The van der Waals surface area contributed by atoms with E-state index in [1.807, 2.05) is 26.0 Å². The number of aryl methyl sites for hydroxylation is 3. The van der Waals surface area contributed by atoms with Crippen molar-refractivity contribution in [1.82, 2.24) is 9.99 Å². The second-order valence-corrected chi connectivity index (χ2v) is 8.27. The van der Waals surface area contributed by atoms with Gasteiger partial charge in [0.25, 0.3) is 17.7 Å². The van der Waals surface area contributed by atoms with Crippen molar-refractivity contribution in [1.29, 1.82) is 0 Å². The number of hydrogen-bond acceptors (Lipinski definition) is 4. The summed E-state index contributed by atoms with van der Waals surface area (Å²) in [6.45, 7) is 7.30. The van der Waals surface area contributed by atoms with E-state index in [9.17, 15) is 19.2 Å². The second kappa shape index (κ2) is 8.82. The van der Waals surface area contributed by atoms with Gasteiger partial charge in [0.2, 0.25) is 0 Å². The van der Waals surface area contributed by atoms with Gasteiger partial charge in [-0.1, -0.05) is 24.3 Å². The molecular formula is C26H24N4O4. The highest BCUT2D eigenvalue weighted by Gasteiger charge is 2.37. The van der Waals surface area contributed by atoms with Gasteiger partial charge >= 0.3 is 6.03 Å². The van der Waals surface area contributed by atoms with Crippen molar-refractivity contribution in [2.75, 3.05) is 10.3 Å². The molecule has 34 heavy (non-hydrogen) atoms. The van der Waals surface area contributed by atoms with Crippen LogP contribution < -0.4 is 15.6 Å². The molecule has 0 saturated carbocycles. The third kappa shape index (κ3) is 4.25. The van der Waals surface area contributed by atoms with E-state index < -0.39 is 17.8 Å². The quantitative estimate of drug-likeness (QED) is 0.461. The van der Waals surface area contributed by atoms with Gasteiger partial charge in [-0.2, -0.15) is 0 Å². The minimum Gasteiger partial charge on any atom is -0.273 e. The molecule has 2 aromatic carbocycles. The van der Waals surface area contributed by atoms with E-state index in [4.69, 9.17) is 0 Å². The Morgan fingerprint density at radius 3 is 2.21 bits per heavy atom. The standard InChI is InChI=1S/C26H24N4O4/c1-15-10-16(2)12-21(11-15)29-25(33)22(24(32)27-26(29)34)14-20-13-17(3)30(18(20)4)28-23(31)19-8-6-5-7-9-19/h5-14H,1-4H3,(H,28,31)(H,27,32,34)/b22-14+. The van der Waals surface area contributed by atoms with E-state index in [-0.39, 0.29) is 11.5 Å². The molecule has 2 N–H and O–H groups in total. The minimum absolute atomic E-state index is 0.173. The third-order valence-electron chi connectivity index (χ3n) is 5.59. The lowest BCUT2D eigenvalue weighted by molar-refractivity contribution is -0.122. The monoisotopic (exact) mass is 456 g/mol. The van der Waals surface area contributed by atoms with Crippen LogP contribution in [0, 0.1) is 27.7 Å². The number of anilines is 1. The summed E-state index contributed by atoms with van der Waals surface area (Å²) in [4.78, 5) is 51.9. The normalized spacial score (nSPS) is 15.0. The largest absolute Gasteiger partial charge is 0.335 e. The van der Waals surface area contributed by atoms with Crippen LogP contribution in [0.2, 0.25) is 0 Å². The summed E-state index contributed by atoms with van der Waals surface area (Å²) >= 11 is 0. The molecule has 8 nitrogen and oxygen atoms in total. The topological polar surface area (TPSA) is 101 Å². The van der Waals surface area contributed by atoms with Crippen LogP contribution in [0.25, 0.3) is 6.08 Å². The van der Waals surface area contributed by atoms with E-state index in [0.29, 0.717) is 28.2 Å². The number of carbonyl (C=O) groups excluding carboxylic acids is 4. The Morgan fingerprint density at radius 1 is 0.912 bits per heavy atom. The molecule has 4 rings (SSSR count). The van der Waals surface area contributed by atoms with Crippen molar-refractivity contribution in [2.24, 2.45) is 0 Å². The maximum Gasteiger partial charge on any atom is 0.335 e. The summed E-state index contributed by atoms with van der Waals surface area (Å²) in [5.41, 5.74) is 7.22. The predicted molar refractivity (Wildman–Crippen MR) is 129 cm³/mol. The fraction of sp³-hybridized carbons (Fsp3) is 0.154. The fourth-order valence-corrected chi connectivity index (χ4v) is 3.99. The Morgan fingerprint density at radius 2 is 1.56 bits per heavy atom. The molecule has 172 valence electrons. The maximum atomic E-state index is 13.2. The van der Waals surface area contributed by atoms with E-state index in [0.717, 1.165) is 16.0 Å². The first-order valence-corrected chi connectivity index (χ1v) is 10.7. The van der Waals surface area contributed by atoms with Crippen LogP contribution in [-0.2, 0) is 9.59 Å². The van der Waals surface area contributed by atoms with Crippen molar-refractivity contribution < 1.29 is 19.2 Å². The Bertz CT molecular complexity index is 1350. The number of amides is 5. The molecule has 3 aromatic rings. The zero-order chi connectivity index (χ0) is 24.6. The number of benzene rings is 2. The number of hydrogen-bond donors (Lipinski definition) is 2. The number of rotatable bonds is 4. The lowest BCUT2D eigenvalue weighted by Gasteiger charge is -2.27. The summed E-state index contributed by atoms with van der Waals surface area (Å²) in [5, 5.41) is 2.24. The average Bonchev–Trinajstić information content (AvgIpc) is 3.03. The number of urea groups is 1. The first-order valence-electron chi connectivity index (χ1n) is 10.7. The van der Waals surface area contributed by atoms with E-state index in [1.54, 1.807) is 61.0 Å². The highest BCUT2D eigenvalue weighted by Crippen LogP contribution is 2.25. The molecule has 1 aromatic heterocycles. The Kier molecular flexibility index (Phi) is 5.89. The van der Waals surface area contributed by atoms with Gasteiger partial charge in [0.1, 0.15) is 5.57 Å². The molecule has 0 spiro atoms. The van der Waals surface area contributed by atoms with Gasteiger partial charge in [-0.15, -0.1) is 0 Å². The van der Waals surface area contributed by atoms with Crippen molar-refractivity contribution >= 4 is 35.5 Å². The van der Waals surface area contributed by atoms with Crippen LogP contribution in [0.3, 0.4) is 0 Å². The highest BCUT2D eigenvalue weighted by atomic mass is 16.2. The maximum absolute atomic E-state index is 13.2. The molecule has 1 aliphatic rings. The molecule has 5 amide bonds. The molecule has 1 saturated heterocycles. The number of imide groups is 2. The van der Waals surface area contributed by atoms with Crippen LogP contribution in [0.4, 0.5) is 10.5 Å². The number of nitrogens with zero attached hydrogens (tertiary/aromatic N) is 2. The van der Waals surface area contributed by atoms with Gasteiger partial charge in [-0.25, -0.2) is 9.69 Å². The van der Waals surface area contributed by atoms with Crippen LogP contribution in [0.1, 0.15) is 38.4 Å². The fourth-order valence-electron chi connectivity index (χ4n) is 3.99. The summed E-state index contributed by atoms with van der Waals surface area (Å²) in [6.07, 6.45) is 1.44. The molecular weight excluding hydrogens is 432 g/mol. The van der Waals surface area contributed by atoms with Crippen LogP contribution in [0.15, 0.2) is 60.2 Å². The Hall–Kier alpha value is -4.46. The zero-order valence-electron chi connectivity index (χ0n) is 19.3. The predicted octanol–water partition coefficient (Wildman–Crippen LogP) is 3.77. The van der Waals surface area contributed by atoms with Crippen molar-refractivity contribution in [3.05, 3.63) is 93.8 Å². The minimum atomic E-state index is -0.794. The van der Waals surface area contributed by atoms with E-state index in [2.05, 4.69) is 10.7 Å². The van der Waals surface area contributed by atoms with Crippen LogP contribution >= 0.6 is 0 Å². The molecule has 0 unspecified atom stereocenters. The van der Waals surface area contributed by atoms with Crippen molar-refractivity contribution in [3.63, 3.8) is 0 Å². The first-order chi connectivity index (χ1) is 16.2. The summed E-state index contributed by atoms with van der Waals surface area (Å²) in [7, 11) is 0. The van der Waals surface area contributed by atoms with E-state index in [1.165, 1.54) is 6.08 Å². The lowest BCUT2D eigenvalue weighted by Crippen LogP contribution is -2.54. The van der Waals surface area contributed by atoms with Crippen molar-refractivity contribution in [3.8, 4) is 0 Å².